The topological polar surface area (TPSA) is 37.3 Å². The summed E-state index contributed by atoms with van der Waals surface area (Å²) in [5, 5.41) is 8.67. The summed E-state index contributed by atoms with van der Waals surface area (Å²) < 4.78 is 13.0. The molecule has 1 aromatic rings. The number of alkyl halides is 1. The predicted octanol–water partition coefficient (Wildman–Crippen LogP) is 2.43. The highest BCUT2D eigenvalue weighted by molar-refractivity contribution is 6.18. The van der Waals surface area contributed by atoms with Gasteiger partial charge in [0, 0.05) is 17.9 Å². The normalized spacial score (nSPS) is 9.38. The minimum absolute atomic E-state index is 0.162. The summed E-state index contributed by atoms with van der Waals surface area (Å²) in [6.07, 6.45) is 0.329. The molecule has 1 N–H and O–H groups in total. The number of hydrogen-bond donors (Lipinski definition) is 1. The van der Waals surface area contributed by atoms with Gasteiger partial charge in [-0.05, 0) is 17.7 Å². The van der Waals surface area contributed by atoms with E-state index in [9.17, 15) is 9.18 Å². The lowest BCUT2D eigenvalue weighted by Gasteiger charge is -2.01. The highest BCUT2D eigenvalue weighted by Crippen LogP contribution is 2.11. The quantitative estimate of drug-likeness (QED) is 0.651. The van der Waals surface area contributed by atoms with E-state index in [1.165, 1.54) is 18.2 Å². The largest absolute Gasteiger partial charge is 0.481 e. The van der Waals surface area contributed by atoms with Gasteiger partial charge >= 0.3 is 5.97 Å². The fraction of sp³-hybridized carbons (Fsp3) is 0.250. The van der Waals surface area contributed by atoms with Crippen LogP contribution in [-0.4, -0.2) is 17.0 Å². The van der Waals surface area contributed by atoms with Gasteiger partial charge in [0.1, 0.15) is 5.82 Å². The van der Waals surface area contributed by atoms with E-state index in [0.29, 0.717) is 23.4 Å². The molecular formula is C12H10ClFO2. The average Bonchev–Trinajstić information content (AvgIpc) is 2.22. The molecule has 0 saturated heterocycles. The molecule has 1 aromatic carbocycles. The summed E-state index contributed by atoms with van der Waals surface area (Å²) in [4.78, 5) is 10.6. The average molecular weight is 241 g/mol. The van der Waals surface area contributed by atoms with Gasteiger partial charge in [-0.15, -0.1) is 11.6 Å². The minimum atomic E-state index is -0.966. The molecule has 0 amide bonds. The van der Waals surface area contributed by atoms with Gasteiger partial charge in [0.25, 0.3) is 0 Å². The Kier molecular flexibility index (Phi) is 4.81. The number of halogens is 2. The molecule has 0 bridgehead atoms. The van der Waals surface area contributed by atoms with Crippen molar-refractivity contribution in [3.8, 4) is 11.8 Å². The number of benzene rings is 1. The molecule has 0 aliphatic carbocycles. The Morgan fingerprint density at radius 3 is 2.88 bits per heavy atom. The van der Waals surface area contributed by atoms with E-state index < -0.39 is 11.8 Å². The van der Waals surface area contributed by atoms with Crippen LogP contribution in [0.25, 0.3) is 0 Å². The maximum Gasteiger partial charge on any atom is 0.307 e. The molecule has 84 valence electrons. The molecule has 0 atom stereocenters. The molecule has 0 radical (unpaired) electrons. The number of carboxylic acids is 1. The Balaban J connectivity index is 2.99. The first-order chi connectivity index (χ1) is 7.63. The van der Waals surface area contributed by atoms with Gasteiger partial charge in [-0.3, -0.25) is 4.79 Å². The monoisotopic (exact) mass is 240 g/mol. The smallest absolute Gasteiger partial charge is 0.307 e. The standard InChI is InChI=1S/C12H10ClFO2/c13-6-2-1-3-9-7-11(14)5-4-10(9)8-12(15)16/h4-5,7H,2,6,8H2,(H,15,16). The molecule has 16 heavy (non-hydrogen) atoms. The number of aliphatic carboxylic acids is 1. The summed E-state index contributed by atoms with van der Waals surface area (Å²) >= 11 is 5.45. The van der Waals surface area contributed by atoms with Gasteiger partial charge in [-0.2, -0.15) is 0 Å². The predicted molar refractivity (Wildman–Crippen MR) is 60.0 cm³/mol. The highest BCUT2D eigenvalue weighted by Gasteiger charge is 2.06. The van der Waals surface area contributed by atoms with Crippen molar-refractivity contribution in [2.45, 2.75) is 12.8 Å². The first-order valence-electron chi connectivity index (χ1n) is 4.68. The zero-order chi connectivity index (χ0) is 12.0. The van der Waals surface area contributed by atoms with Crippen LogP contribution in [0, 0.1) is 17.7 Å². The van der Waals surface area contributed by atoms with Gasteiger partial charge in [0.15, 0.2) is 0 Å². The fourth-order valence-electron chi connectivity index (χ4n) is 1.19. The van der Waals surface area contributed by atoms with E-state index in [2.05, 4.69) is 11.8 Å². The van der Waals surface area contributed by atoms with E-state index in [-0.39, 0.29) is 6.42 Å². The van der Waals surface area contributed by atoms with E-state index >= 15 is 0 Å². The van der Waals surface area contributed by atoms with Crippen LogP contribution in [0.3, 0.4) is 0 Å². The van der Waals surface area contributed by atoms with Crippen molar-refractivity contribution in [2.24, 2.45) is 0 Å². The molecule has 1 rings (SSSR count). The second kappa shape index (κ2) is 6.14. The van der Waals surface area contributed by atoms with E-state index in [0.717, 1.165) is 0 Å². The van der Waals surface area contributed by atoms with Crippen molar-refractivity contribution < 1.29 is 14.3 Å². The van der Waals surface area contributed by atoms with Gasteiger partial charge < -0.3 is 5.11 Å². The van der Waals surface area contributed by atoms with Crippen molar-refractivity contribution in [1.29, 1.82) is 0 Å². The minimum Gasteiger partial charge on any atom is -0.481 e. The summed E-state index contributed by atoms with van der Waals surface area (Å²) in [6, 6.07) is 3.90. The van der Waals surface area contributed by atoms with Crippen molar-refractivity contribution in [3.63, 3.8) is 0 Å². The lowest BCUT2D eigenvalue weighted by molar-refractivity contribution is -0.136. The van der Waals surface area contributed by atoms with Crippen LogP contribution in [0.5, 0.6) is 0 Å². The molecule has 0 spiro atoms. The zero-order valence-corrected chi connectivity index (χ0v) is 9.22. The van der Waals surface area contributed by atoms with Crippen molar-refractivity contribution in [1.82, 2.24) is 0 Å². The van der Waals surface area contributed by atoms with Gasteiger partial charge in [-0.1, -0.05) is 17.9 Å². The summed E-state index contributed by atoms with van der Waals surface area (Å²) in [5.74, 6) is 4.48. The van der Waals surface area contributed by atoms with E-state index in [4.69, 9.17) is 16.7 Å². The summed E-state index contributed by atoms with van der Waals surface area (Å²) in [7, 11) is 0. The summed E-state index contributed by atoms with van der Waals surface area (Å²) in [6.45, 7) is 0. The molecule has 0 heterocycles. The van der Waals surface area contributed by atoms with E-state index in [1.54, 1.807) is 0 Å². The van der Waals surface area contributed by atoms with E-state index in [1.807, 2.05) is 0 Å². The van der Waals surface area contributed by atoms with Crippen molar-refractivity contribution >= 4 is 17.6 Å². The molecule has 0 aliphatic heterocycles. The first kappa shape index (κ1) is 12.5. The molecule has 0 aromatic heterocycles. The van der Waals surface area contributed by atoms with Crippen molar-refractivity contribution in [3.05, 3.63) is 35.1 Å². The molecule has 0 unspecified atom stereocenters. The Morgan fingerprint density at radius 1 is 1.50 bits per heavy atom. The van der Waals surface area contributed by atoms with Gasteiger partial charge in [0.2, 0.25) is 0 Å². The van der Waals surface area contributed by atoms with Crippen LogP contribution >= 0.6 is 11.6 Å². The van der Waals surface area contributed by atoms with Crippen LogP contribution < -0.4 is 0 Å². The fourth-order valence-corrected chi connectivity index (χ4v) is 1.28. The first-order valence-corrected chi connectivity index (χ1v) is 5.22. The molecule has 2 nitrogen and oxygen atoms in total. The molecular weight excluding hydrogens is 231 g/mol. The molecule has 0 aliphatic rings. The molecule has 0 saturated carbocycles. The van der Waals surface area contributed by atoms with Gasteiger partial charge in [0.05, 0.1) is 6.42 Å². The lowest BCUT2D eigenvalue weighted by Crippen LogP contribution is -2.02. The van der Waals surface area contributed by atoms with Crippen molar-refractivity contribution in [2.75, 3.05) is 5.88 Å². The van der Waals surface area contributed by atoms with Gasteiger partial charge in [-0.25, -0.2) is 4.39 Å². The highest BCUT2D eigenvalue weighted by atomic mass is 35.5. The van der Waals surface area contributed by atoms with Crippen LogP contribution in [-0.2, 0) is 11.2 Å². The van der Waals surface area contributed by atoms with Crippen LogP contribution in [0.1, 0.15) is 17.5 Å². The Bertz CT molecular complexity index is 446. The lowest BCUT2D eigenvalue weighted by atomic mass is 10.0. The summed E-state index contributed by atoms with van der Waals surface area (Å²) in [5.41, 5.74) is 0.920. The second-order valence-electron chi connectivity index (χ2n) is 3.11. The third kappa shape index (κ3) is 3.92. The number of carboxylic acid groups (broad SMARTS) is 1. The number of hydrogen-bond acceptors (Lipinski definition) is 1. The second-order valence-corrected chi connectivity index (χ2v) is 3.49. The van der Waals surface area contributed by atoms with Crippen LogP contribution in [0.2, 0.25) is 0 Å². The Labute approximate surface area is 98.0 Å². The van der Waals surface area contributed by atoms with Crippen LogP contribution in [0.4, 0.5) is 4.39 Å². The maximum absolute atomic E-state index is 13.0. The SMILES string of the molecule is O=C(O)Cc1ccc(F)cc1C#CCCCl. The molecule has 0 fully saturated rings. The third-order valence-electron chi connectivity index (χ3n) is 1.86. The third-order valence-corrected chi connectivity index (χ3v) is 2.05. The zero-order valence-electron chi connectivity index (χ0n) is 8.46. The number of carbonyl (C=O) groups is 1. The Hall–Kier alpha value is -1.53. The maximum atomic E-state index is 13.0. The van der Waals surface area contributed by atoms with Crippen LogP contribution in [0.15, 0.2) is 18.2 Å². The number of rotatable bonds is 3. The molecule has 4 heteroatoms. The Morgan fingerprint density at radius 2 is 2.25 bits per heavy atom.